The number of carbonyl (C=O) groups is 1. The van der Waals surface area contributed by atoms with E-state index in [1.165, 1.54) is 103 Å². The zero-order valence-corrected chi connectivity index (χ0v) is 27.9. The molecule has 0 aliphatic heterocycles. The Morgan fingerprint density at radius 3 is 1.50 bits per heavy atom. The summed E-state index contributed by atoms with van der Waals surface area (Å²) in [7, 11) is 0. The Labute approximate surface area is 261 Å². The third-order valence-electron chi connectivity index (χ3n) is 8.30. The number of amides is 1. The molecule has 5 nitrogen and oxygen atoms in total. The minimum absolute atomic E-state index is 0.0232. The number of allylic oxidation sites excluding steroid dienone is 4. The van der Waals surface area contributed by atoms with Crippen LogP contribution >= 0.6 is 0 Å². The first-order chi connectivity index (χ1) is 20.5. The van der Waals surface area contributed by atoms with Gasteiger partial charge in [0.25, 0.3) is 0 Å². The Hall–Kier alpha value is -1.17. The van der Waals surface area contributed by atoms with Crippen molar-refractivity contribution in [2.75, 3.05) is 6.61 Å². The van der Waals surface area contributed by atoms with Crippen molar-refractivity contribution in [1.29, 1.82) is 0 Å². The fourth-order valence-electron chi connectivity index (χ4n) is 5.45. The van der Waals surface area contributed by atoms with E-state index in [-0.39, 0.29) is 18.9 Å². The highest BCUT2D eigenvalue weighted by molar-refractivity contribution is 5.76. The maximum Gasteiger partial charge on any atom is 0.222 e. The number of unbranched alkanes of at least 4 members (excludes halogenated alkanes) is 20. The van der Waals surface area contributed by atoms with Gasteiger partial charge >= 0.3 is 0 Å². The van der Waals surface area contributed by atoms with Crippen LogP contribution in [0.4, 0.5) is 0 Å². The summed E-state index contributed by atoms with van der Waals surface area (Å²) in [5, 5.41) is 33.2. The maximum absolute atomic E-state index is 12.4. The predicted molar refractivity (Wildman–Crippen MR) is 181 cm³/mol. The lowest BCUT2D eigenvalue weighted by molar-refractivity contribution is -0.125. The Bertz CT molecular complexity index is 621. The largest absolute Gasteiger partial charge is 0.394 e. The first-order valence-electron chi connectivity index (χ1n) is 18.1. The van der Waals surface area contributed by atoms with Gasteiger partial charge in [-0.3, -0.25) is 4.79 Å². The summed E-state index contributed by atoms with van der Waals surface area (Å²) in [5.74, 6) is -0.297. The van der Waals surface area contributed by atoms with E-state index < -0.39 is 18.2 Å². The van der Waals surface area contributed by atoms with Crippen molar-refractivity contribution in [3.63, 3.8) is 0 Å². The van der Waals surface area contributed by atoms with Gasteiger partial charge < -0.3 is 20.6 Å². The van der Waals surface area contributed by atoms with Crippen molar-refractivity contribution in [2.24, 2.45) is 0 Å². The molecule has 0 aromatic rings. The first-order valence-corrected chi connectivity index (χ1v) is 18.1. The summed E-state index contributed by atoms with van der Waals surface area (Å²) in [6.07, 6.45) is 36.9. The molecule has 4 N–H and O–H groups in total. The Balaban J connectivity index is 3.73. The number of rotatable bonds is 32. The second-order valence-electron chi connectivity index (χ2n) is 12.5. The quantitative estimate of drug-likeness (QED) is 0.0462. The van der Waals surface area contributed by atoms with Crippen LogP contribution in [-0.2, 0) is 4.79 Å². The van der Waals surface area contributed by atoms with Gasteiger partial charge in [0.1, 0.15) is 0 Å². The molecule has 0 spiro atoms. The third-order valence-corrected chi connectivity index (χ3v) is 8.30. The summed E-state index contributed by atoms with van der Waals surface area (Å²) < 4.78 is 0. The highest BCUT2D eigenvalue weighted by Crippen LogP contribution is 2.15. The maximum atomic E-state index is 12.4. The topological polar surface area (TPSA) is 89.8 Å². The molecule has 0 aromatic carbocycles. The molecule has 0 saturated carbocycles. The first kappa shape index (κ1) is 40.8. The molecule has 0 rings (SSSR count). The molecule has 0 saturated heterocycles. The number of aliphatic hydroxyl groups excluding tert-OH is 3. The van der Waals surface area contributed by atoms with Gasteiger partial charge in [0.15, 0.2) is 0 Å². The average molecular weight is 594 g/mol. The number of hydrogen-bond donors (Lipinski definition) is 4. The number of aliphatic hydroxyl groups is 3. The lowest BCUT2D eigenvalue weighted by atomic mass is 10.0. The number of carbonyl (C=O) groups excluding carboxylic acids is 1. The zero-order chi connectivity index (χ0) is 30.9. The fourth-order valence-corrected chi connectivity index (χ4v) is 5.45. The highest BCUT2D eigenvalue weighted by Gasteiger charge is 2.21. The van der Waals surface area contributed by atoms with Crippen LogP contribution < -0.4 is 5.32 Å². The van der Waals surface area contributed by atoms with Crippen LogP contribution in [0.2, 0.25) is 0 Å². The molecule has 0 bridgehead atoms. The van der Waals surface area contributed by atoms with Gasteiger partial charge in [-0.25, -0.2) is 0 Å². The standard InChI is InChI=1S/C37H71NO4/c1-3-5-7-9-11-13-15-17-19-21-23-25-27-29-31-36(41)35(33-39)38-37(42)32-34(40)30-28-26-24-22-20-18-16-14-12-10-8-6-4-2/h12,14,16,18,34-36,39-41H,3-11,13,15,17,19-33H2,1-2H3,(H,38,42)/b14-12-,18-16-. The van der Waals surface area contributed by atoms with E-state index in [2.05, 4.69) is 43.5 Å². The van der Waals surface area contributed by atoms with Gasteiger partial charge in [-0.15, -0.1) is 0 Å². The van der Waals surface area contributed by atoms with E-state index in [0.717, 1.165) is 44.9 Å². The summed E-state index contributed by atoms with van der Waals surface area (Å²) >= 11 is 0. The highest BCUT2D eigenvalue weighted by atomic mass is 16.3. The number of hydrogen-bond acceptors (Lipinski definition) is 4. The van der Waals surface area contributed by atoms with Crippen LogP contribution in [-0.4, -0.2) is 46.1 Å². The minimum Gasteiger partial charge on any atom is -0.394 e. The van der Waals surface area contributed by atoms with E-state index in [1.54, 1.807) is 0 Å². The van der Waals surface area contributed by atoms with Crippen molar-refractivity contribution in [3.8, 4) is 0 Å². The van der Waals surface area contributed by atoms with E-state index in [9.17, 15) is 20.1 Å². The Morgan fingerprint density at radius 1 is 0.595 bits per heavy atom. The molecule has 3 atom stereocenters. The zero-order valence-electron chi connectivity index (χ0n) is 27.9. The third kappa shape index (κ3) is 28.9. The minimum atomic E-state index is -0.751. The average Bonchev–Trinajstić information content (AvgIpc) is 2.98. The molecule has 0 aliphatic carbocycles. The molecule has 42 heavy (non-hydrogen) atoms. The van der Waals surface area contributed by atoms with Gasteiger partial charge in [0.05, 0.1) is 31.3 Å². The van der Waals surface area contributed by atoms with Gasteiger partial charge in [-0.2, -0.15) is 0 Å². The molecule has 1 amide bonds. The molecular weight excluding hydrogens is 522 g/mol. The summed E-state index contributed by atoms with van der Waals surface area (Å²) in [5.41, 5.74) is 0. The molecule has 0 fully saturated rings. The molecule has 248 valence electrons. The van der Waals surface area contributed by atoms with Crippen molar-refractivity contribution in [2.45, 2.75) is 199 Å². The van der Waals surface area contributed by atoms with Crippen LogP contribution in [0.1, 0.15) is 181 Å². The SMILES string of the molecule is CCCCC/C=C\C=C/CCCCCCC(O)CC(=O)NC(CO)C(O)CCCCCCCCCCCCCCCC. The Kier molecular flexibility index (Phi) is 31.8. The fraction of sp³-hybridized carbons (Fsp3) is 0.865. The monoisotopic (exact) mass is 594 g/mol. The molecular formula is C37H71NO4. The molecule has 0 heterocycles. The predicted octanol–water partition coefficient (Wildman–Crippen LogP) is 9.48. The van der Waals surface area contributed by atoms with E-state index >= 15 is 0 Å². The molecule has 0 aromatic heterocycles. The van der Waals surface area contributed by atoms with Gasteiger partial charge in [-0.05, 0) is 38.5 Å². The molecule has 0 radical (unpaired) electrons. The lowest BCUT2D eigenvalue weighted by Crippen LogP contribution is -2.46. The Morgan fingerprint density at radius 2 is 1.00 bits per heavy atom. The van der Waals surface area contributed by atoms with Gasteiger partial charge in [0.2, 0.25) is 5.91 Å². The van der Waals surface area contributed by atoms with Crippen molar-refractivity contribution >= 4 is 5.91 Å². The van der Waals surface area contributed by atoms with Crippen LogP contribution in [0.25, 0.3) is 0 Å². The number of nitrogens with one attached hydrogen (secondary N) is 1. The second kappa shape index (κ2) is 32.7. The van der Waals surface area contributed by atoms with Crippen molar-refractivity contribution < 1.29 is 20.1 Å². The molecule has 0 aliphatic rings. The van der Waals surface area contributed by atoms with Crippen LogP contribution in [0.15, 0.2) is 24.3 Å². The normalized spacial score (nSPS) is 14.1. The van der Waals surface area contributed by atoms with Crippen molar-refractivity contribution in [1.82, 2.24) is 5.32 Å². The molecule has 3 unspecified atom stereocenters. The second-order valence-corrected chi connectivity index (χ2v) is 12.5. The van der Waals surface area contributed by atoms with E-state index in [1.807, 2.05) is 0 Å². The summed E-state index contributed by atoms with van der Waals surface area (Å²) in [4.78, 5) is 12.4. The summed E-state index contributed by atoms with van der Waals surface area (Å²) in [6, 6.07) is -0.661. The molecule has 5 heteroatoms. The smallest absolute Gasteiger partial charge is 0.222 e. The van der Waals surface area contributed by atoms with E-state index in [4.69, 9.17) is 0 Å². The van der Waals surface area contributed by atoms with E-state index in [0.29, 0.717) is 12.8 Å². The van der Waals surface area contributed by atoms with Gasteiger partial charge in [-0.1, -0.05) is 160 Å². The lowest BCUT2D eigenvalue weighted by Gasteiger charge is -2.23. The van der Waals surface area contributed by atoms with Crippen LogP contribution in [0.5, 0.6) is 0 Å². The van der Waals surface area contributed by atoms with Crippen LogP contribution in [0.3, 0.4) is 0 Å². The van der Waals surface area contributed by atoms with Crippen LogP contribution in [0, 0.1) is 0 Å². The van der Waals surface area contributed by atoms with Crippen molar-refractivity contribution in [3.05, 3.63) is 24.3 Å². The summed E-state index contributed by atoms with van der Waals surface area (Å²) in [6.45, 7) is 4.20. The van der Waals surface area contributed by atoms with Gasteiger partial charge in [0, 0.05) is 0 Å².